The van der Waals surface area contributed by atoms with Crippen molar-refractivity contribution >= 4 is 31.9 Å². The molecule has 0 saturated heterocycles. The van der Waals surface area contributed by atoms with Gasteiger partial charge in [-0.15, -0.1) is 0 Å². The van der Waals surface area contributed by atoms with E-state index in [1.807, 2.05) is 29.0 Å². The number of hydrogen-bond donors (Lipinski definition) is 1. The molecule has 0 saturated carbocycles. The lowest BCUT2D eigenvalue weighted by Crippen LogP contribution is -2.29. The van der Waals surface area contributed by atoms with Gasteiger partial charge in [0.2, 0.25) is 15.9 Å². The molecule has 1 N–H and O–H groups in total. The average Bonchev–Trinajstić information content (AvgIpc) is 3.04. The molecule has 3 aromatic rings. The number of aryl methyl sites for hydroxylation is 1. The fourth-order valence-corrected chi connectivity index (χ4v) is 3.24. The second kappa shape index (κ2) is 7.97. The van der Waals surface area contributed by atoms with Gasteiger partial charge in [-0.05, 0) is 30.7 Å². The van der Waals surface area contributed by atoms with Crippen molar-refractivity contribution < 1.29 is 13.2 Å². The number of hydrogen-bond acceptors (Lipinski definition) is 6. The molecule has 0 aliphatic carbocycles. The number of sulfonamides is 1. The zero-order chi connectivity index (χ0) is 19.4. The van der Waals surface area contributed by atoms with Crippen LogP contribution >= 0.6 is 15.9 Å². The molecule has 0 unspecified atom stereocenters. The van der Waals surface area contributed by atoms with Gasteiger partial charge in [0.05, 0.1) is 18.1 Å². The van der Waals surface area contributed by atoms with Crippen LogP contribution in [-0.2, 0) is 21.2 Å². The maximum atomic E-state index is 11.8. The van der Waals surface area contributed by atoms with E-state index in [-0.39, 0.29) is 6.42 Å². The Morgan fingerprint density at radius 3 is 2.59 bits per heavy atom. The molecule has 0 atom stereocenters. The fraction of sp³-hybridized carbons (Fsp3) is 0.176. The molecule has 2 aromatic heterocycles. The summed E-state index contributed by atoms with van der Waals surface area (Å²) in [6.45, 7) is 0. The molecule has 0 spiro atoms. The minimum atomic E-state index is -3.58. The van der Waals surface area contributed by atoms with Gasteiger partial charge in [0.25, 0.3) is 0 Å². The number of nitrogens with zero attached hydrogens (tertiary/aromatic N) is 4. The molecule has 1 aromatic carbocycles. The third-order valence-corrected chi connectivity index (χ3v) is 4.73. The first-order valence-corrected chi connectivity index (χ1v) is 10.6. The van der Waals surface area contributed by atoms with Crippen molar-refractivity contribution in [2.24, 2.45) is 0 Å². The van der Waals surface area contributed by atoms with E-state index in [9.17, 15) is 13.2 Å². The van der Waals surface area contributed by atoms with E-state index in [2.05, 4.69) is 31.0 Å². The first-order chi connectivity index (χ1) is 12.8. The van der Waals surface area contributed by atoms with Crippen LogP contribution in [0.25, 0.3) is 17.1 Å². The summed E-state index contributed by atoms with van der Waals surface area (Å²) in [7, 11) is -3.58. The van der Waals surface area contributed by atoms with E-state index in [1.165, 1.54) is 0 Å². The van der Waals surface area contributed by atoms with Crippen molar-refractivity contribution in [3.8, 4) is 17.1 Å². The Morgan fingerprint density at radius 2 is 1.96 bits per heavy atom. The van der Waals surface area contributed by atoms with Crippen LogP contribution in [0.3, 0.4) is 0 Å². The number of aromatic nitrogens is 4. The number of carbonyl (C=O) groups excluding carboxylic acids is 1. The number of rotatable bonds is 6. The zero-order valence-corrected chi connectivity index (χ0v) is 16.7. The molecule has 0 fully saturated rings. The second-order valence-electron chi connectivity index (χ2n) is 5.81. The third-order valence-electron chi connectivity index (χ3n) is 3.61. The number of halogens is 1. The minimum absolute atomic E-state index is 0.00631. The maximum absolute atomic E-state index is 11.8. The molecule has 0 radical (unpaired) electrons. The predicted molar refractivity (Wildman–Crippen MR) is 104 cm³/mol. The lowest BCUT2D eigenvalue weighted by molar-refractivity contribution is -0.119. The fourth-order valence-electron chi connectivity index (χ4n) is 2.46. The summed E-state index contributed by atoms with van der Waals surface area (Å²) in [4.78, 5) is 20.2. The Hall–Kier alpha value is -2.59. The summed E-state index contributed by atoms with van der Waals surface area (Å²) in [5.41, 5.74) is 2.78. The Balaban J connectivity index is 1.91. The van der Waals surface area contributed by atoms with Crippen molar-refractivity contribution in [1.29, 1.82) is 0 Å². The van der Waals surface area contributed by atoms with Crippen LogP contribution in [0.5, 0.6) is 0 Å². The highest BCUT2D eigenvalue weighted by Gasteiger charge is 2.16. The minimum Gasteiger partial charge on any atom is -0.274 e. The van der Waals surface area contributed by atoms with E-state index in [0.29, 0.717) is 17.8 Å². The van der Waals surface area contributed by atoms with Crippen LogP contribution in [0.4, 0.5) is 0 Å². The average molecular weight is 450 g/mol. The van der Waals surface area contributed by atoms with Gasteiger partial charge in [0.1, 0.15) is 11.4 Å². The Bertz CT molecular complexity index is 1050. The number of amides is 1. The van der Waals surface area contributed by atoms with Gasteiger partial charge in [0.15, 0.2) is 0 Å². The van der Waals surface area contributed by atoms with Gasteiger partial charge in [-0.2, -0.15) is 5.10 Å². The standard InChI is InChI=1S/C17H16BrN5O3S/c1-27(25,26)22-16(24)7-2-12-11-23(14-5-3-13(18)4-6-14)21-17(12)15-10-19-8-9-20-15/h3-6,8-11H,2,7H2,1H3,(H,22,24). The largest absolute Gasteiger partial charge is 0.274 e. The molecule has 27 heavy (non-hydrogen) atoms. The van der Waals surface area contributed by atoms with Crippen LogP contribution in [0.2, 0.25) is 0 Å². The normalized spacial score (nSPS) is 11.3. The molecule has 8 nitrogen and oxygen atoms in total. The molecule has 140 valence electrons. The van der Waals surface area contributed by atoms with E-state index >= 15 is 0 Å². The topological polar surface area (TPSA) is 107 Å². The first kappa shape index (κ1) is 19.2. The lowest BCUT2D eigenvalue weighted by Gasteiger charge is -2.03. The van der Waals surface area contributed by atoms with Gasteiger partial charge >= 0.3 is 0 Å². The van der Waals surface area contributed by atoms with Gasteiger partial charge in [0, 0.05) is 35.0 Å². The lowest BCUT2D eigenvalue weighted by atomic mass is 10.1. The van der Waals surface area contributed by atoms with Crippen LogP contribution in [0.15, 0.2) is 53.5 Å². The number of nitrogens with one attached hydrogen (secondary N) is 1. The van der Waals surface area contributed by atoms with Crippen LogP contribution in [0, 0.1) is 0 Å². The molecule has 0 aliphatic heterocycles. The number of carbonyl (C=O) groups is 1. The highest BCUT2D eigenvalue weighted by Crippen LogP contribution is 2.23. The Morgan fingerprint density at radius 1 is 1.22 bits per heavy atom. The summed E-state index contributed by atoms with van der Waals surface area (Å²) in [6, 6.07) is 7.60. The highest BCUT2D eigenvalue weighted by molar-refractivity contribution is 9.10. The molecule has 1 amide bonds. The second-order valence-corrected chi connectivity index (χ2v) is 8.48. The smallest absolute Gasteiger partial charge is 0.233 e. The maximum Gasteiger partial charge on any atom is 0.233 e. The van der Waals surface area contributed by atoms with Crippen molar-refractivity contribution in [3.05, 3.63) is 59.1 Å². The molecular formula is C17H16BrN5O3S. The molecule has 2 heterocycles. The molecule has 0 aliphatic rings. The number of benzene rings is 1. The Kier molecular flexibility index (Phi) is 5.66. The monoisotopic (exact) mass is 449 g/mol. The van der Waals surface area contributed by atoms with Crippen LogP contribution in [-0.4, -0.2) is 40.3 Å². The molecular weight excluding hydrogens is 434 g/mol. The van der Waals surface area contributed by atoms with Crippen LogP contribution < -0.4 is 4.72 Å². The van der Waals surface area contributed by atoms with Crippen molar-refractivity contribution in [1.82, 2.24) is 24.5 Å². The summed E-state index contributed by atoms with van der Waals surface area (Å²) in [6.07, 6.45) is 7.79. The SMILES string of the molecule is CS(=O)(=O)NC(=O)CCc1cn(-c2ccc(Br)cc2)nc1-c1cnccn1. The zero-order valence-electron chi connectivity index (χ0n) is 14.3. The van der Waals surface area contributed by atoms with Gasteiger partial charge < -0.3 is 0 Å². The predicted octanol–water partition coefficient (Wildman–Crippen LogP) is 2.10. The molecule has 3 rings (SSSR count). The quantitative estimate of drug-likeness (QED) is 0.617. The highest BCUT2D eigenvalue weighted by atomic mass is 79.9. The summed E-state index contributed by atoms with van der Waals surface area (Å²) >= 11 is 3.40. The first-order valence-electron chi connectivity index (χ1n) is 7.93. The third kappa shape index (κ3) is 5.20. The van der Waals surface area contributed by atoms with Gasteiger partial charge in [-0.25, -0.2) is 13.1 Å². The van der Waals surface area contributed by atoms with E-state index < -0.39 is 15.9 Å². The van der Waals surface area contributed by atoms with Crippen LogP contribution in [0.1, 0.15) is 12.0 Å². The molecule has 10 heteroatoms. The van der Waals surface area contributed by atoms with Crippen molar-refractivity contribution in [3.63, 3.8) is 0 Å². The van der Waals surface area contributed by atoms with Crippen molar-refractivity contribution in [2.75, 3.05) is 6.26 Å². The van der Waals surface area contributed by atoms with Gasteiger partial charge in [-0.3, -0.25) is 19.5 Å². The van der Waals surface area contributed by atoms with E-state index in [4.69, 9.17) is 0 Å². The molecule has 0 bridgehead atoms. The summed E-state index contributed by atoms with van der Waals surface area (Å²) < 4.78 is 27.0. The summed E-state index contributed by atoms with van der Waals surface area (Å²) in [5.74, 6) is -0.570. The Labute approximate surface area is 164 Å². The summed E-state index contributed by atoms with van der Waals surface area (Å²) in [5, 5.41) is 4.58. The van der Waals surface area contributed by atoms with Gasteiger partial charge in [-0.1, -0.05) is 15.9 Å². The van der Waals surface area contributed by atoms with E-state index in [0.717, 1.165) is 22.0 Å². The van der Waals surface area contributed by atoms with Crippen molar-refractivity contribution in [2.45, 2.75) is 12.8 Å². The van der Waals surface area contributed by atoms with E-state index in [1.54, 1.807) is 29.5 Å².